The standard InChI is InChI=1S/C16H17NO4S/c18-16(19)13-7-6-12-2-1-3-14(15(12)8-13)9-17-22(20,21)10-11-4-5-11/h1-3,6-8,11,17H,4-5,9-10H2,(H,18,19). The molecule has 0 aromatic heterocycles. The van der Waals surface area contributed by atoms with Crippen molar-refractivity contribution in [1.29, 1.82) is 0 Å². The number of rotatable bonds is 6. The van der Waals surface area contributed by atoms with Gasteiger partial charge in [-0.2, -0.15) is 0 Å². The van der Waals surface area contributed by atoms with Crippen molar-refractivity contribution in [2.75, 3.05) is 5.75 Å². The van der Waals surface area contributed by atoms with E-state index in [2.05, 4.69) is 4.72 Å². The Morgan fingerprint density at radius 1 is 1.23 bits per heavy atom. The first-order chi connectivity index (χ1) is 10.4. The van der Waals surface area contributed by atoms with Gasteiger partial charge in [0.25, 0.3) is 0 Å². The van der Waals surface area contributed by atoms with E-state index in [1.807, 2.05) is 18.2 Å². The summed E-state index contributed by atoms with van der Waals surface area (Å²) < 4.78 is 26.5. The van der Waals surface area contributed by atoms with E-state index in [4.69, 9.17) is 5.11 Å². The predicted octanol–water partition coefficient (Wildman–Crippen LogP) is 2.37. The summed E-state index contributed by atoms with van der Waals surface area (Å²) in [6.07, 6.45) is 1.97. The van der Waals surface area contributed by atoms with Crippen molar-refractivity contribution in [3.63, 3.8) is 0 Å². The number of carboxylic acid groups (broad SMARTS) is 1. The fourth-order valence-electron chi connectivity index (χ4n) is 2.47. The van der Waals surface area contributed by atoms with Crippen LogP contribution in [0.1, 0.15) is 28.8 Å². The van der Waals surface area contributed by atoms with Crippen LogP contribution in [0.25, 0.3) is 10.8 Å². The lowest BCUT2D eigenvalue weighted by Crippen LogP contribution is -2.26. The minimum absolute atomic E-state index is 0.176. The summed E-state index contributed by atoms with van der Waals surface area (Å²) in [5.74, 6) is -0.521. The minimum Gasteiger partial charge on any atom is -0.478 e. The van der Waals surface area contributed by atoms with Gasteiger partial charge in [0.2, 0.25) is 10.0 Å². The van der Waals surface area contributed by atoms with Crippen molar-refractivity contribution >= 4 is 26.8 Å². The fourth-order valence-corrected chi connectivity index (χ4v) is 3.91. The van der Waals surface area contributed by atoms with Crippen LogP contribution in [0.3, 0.4) is 0 Å². The van der Waals surface area contributed by atoms with Gasteiger partial charge in [-0.05, 0) is 47.2 Å². The van der Waals surface area contributed by atoms with Crippen LogP contribution < -0.4 is 4.72 Å². The van der Waals surface area contributed by atoms with Crippen LogP contribution in [0.5, 0.6) is 0 Å². The Labute approximate surface area is 129 Å². The Morgan fingerprint density at radius 3 is 2.68 bits per heavy atom. The molecule has 0 unspecified atom stereocenters. The topological polar surface area (TPSA) is 83.5 Å². The first-order valence-corrected chi connectivity index (χ1v) is 8.82. The molecule has 0 aliphatic heterocycles. The Bertz CT molecular complexity index is 825. The highest BCUT2D eigenvalue weighted by Crippen LogP contribution is 2.30. The highest BCUT2D eigenvalue weighted by Gasteiger charge is 2.27. The zero-order valence-electron chi connectivity index (χ0n) is 12.0. The summed E-state index contributed by atoms with van der Waals surface area (Å²) >= 11 is 0. The molecule has 0 amide bonds. The molecule has 0 bridgehead atoms. The lowest BCUT2D eigenvalue weighted by molar-refractivity contribution is 0.0697. The van der Waals surface area contributed by atoms with E-state index in [0.29, 0.717) is 5.92 Å². The summed E-state index contributed by atoms with van der Waals surface area (Å²) in [4.78, 5) is 11.1. The molecule has 1 aliphatic carbocycles. The molecule has 1 aliphatic rings. The molecule has 3 rings (SSSR count). The molecule has 0 atom stereocenters. The van der Waals surface area contributed by atoms with Gasteiger partial charge < -0.3 is 5.11 Å². The van der Waals surface area contributed by atoms with Crippen molar-refractivity contribution in [3.8, 4) is 0 Å². The van der Waals surface area contributed by atoms with Gasteiger partial charge in [0.1, 0.15) is 0 Å². The van der Waals surface area contributed by atoms with E-state index < -0.39 is 16.0 Å². The monoisotopic (exact) mass is 319 g/mol. The summed E-state index contributed by atoms with van der Waals surface area (Å²) in [5.41, 5.74) is 0.973. The molecule has 5 nitrogen and oxygen atoms in total. The summed E-state index contributed by atoms with van der Waals surface area (Å²) in [6, 6.07) is 10.4. The van der Waals surface area contributed by atoms with E-state index in [-0.39, 0.29) is 17.9 Å². The number of sulfonamides is 1. The molecule has 1 saturated carbocycles. The Balaban J connectivity index is 1.86. The highest BCUT2D eigenvalue weighted by molar-refractivity contribution is 7.89. The number of benzene rings is 2. The molecule has 0 heterocycles. The smallest absolute Gasteiger partial charge is 0.335 e. The molecule has 22 heavy (non-hydrogen) atoms. The lowest BCUT2D eigenvalue weighted by Gasteiger charge is -2.09. The molecule has 116 valence electrons. The van der Waals surface area contributed by atoms with Crippen molar-refractivity contribution in [3.05, 3.63) is 47.5 Å². The second kappa shape index (κ2) is 5.70. The molecule has 1 fully saturated rings. The number of aromatic carboxylic acids is 1. The SMILES string of the molecule is O=C(O)c1ccc2cccc(CNS(=O)(=O)CC3CC3)c2c1. The number of hydrogen-bond donors (Lipinski definition) is 2. The maximum absolute atomic E-state index is 12.0. The van der Waals surface area contributed by atoms with E-state index in [1.165, 1.54) is 0 Å². The van der Waals surface area contributed by atoms with Crippen molar-refractivity contribution < 1.29 is 18.3 Å². The maximum Gasteiger partial charge on any atom is 0.335 e. The Morgan fingerprint density at radius 2 is 2.00 bits per heavy atom. The molecule has 6 heteroatoms. The second-order valence-electron chi connectivity index (χ2n) is 5.70. The molecule has 0 spiro atoms. The average Bonchev–Trinajstić information content (AvgIpc) is 3.27. The molecule has 2 aromatic rings. The van der Waals surface area contributed by atoms with Crippen LogP contribution in [0.15, 0.2) is 36.4 Å². The van der Waals surface area contributed by atoms with E-state index in [0.717, 1.165) is 29.2 Å². The van der Waals surface area contributed by atoms with Crippen LogP contribution in [0, 0.1) is 5.92 Å². The fraction of sp³-hybridized carbons (Fsp3) is 0.312. The summed E-state index contributed by atoms with van der Waals surface area (Å²) in [6.45, 7) is 0.176. The van der Waals surface area contributed by atoms with Crippen molar-refractivity contribution in [1.82, 2.24) is 4.72 Å². The minimum atomic E-state index is -3.28. The van der Waals surface area contributed by atoms with Crippen molar-refractivity contribution in [2.45, 2.75) is 19.4 Å². The first kappa shape index (κ1) is 15.0. The van der Waals surface area contributed by atoms with Gasteiger partial charge in [-0.15, -0.1) is 0 Å². The number of fused-ring (bicyclic) bond motifs is 1. The maximum atomic E-state index is 12.0. The quantitative estimate of drug-likeness (QED) is 0.856. The summed E-state index contributed by atoms with van der Waals surface area (Å²) in [7, 11) is -3.28. The first-order valence-electron chi connectivity index (χ1n) is 7.17. The molecular formula is C16H17NO4S. The van der Waals surface area contributed by atoms with Crippen molar-refractivity contribution in [2.24, 2.45) is 5.92 Å². The molecule has 0 saturated heterocycles. The Kier molecular flexibility index (Phi) is 3.88. The van der Waals surface area contributed by atoms with Crippen LogP contribution in [0.4, 0.5) is 0 Å². The van der Waals surface area contributed by atoms with Crippen LogP contribution in [-0.4, -0.2) is 25.2 Å². The van der Waals surface area contributed by atoms with E-state index >= 15 is 0 Å². The van der Waals surface area contributed by atoms with Crippen LogP contribution in [-0.2, 0) is 16.6 Å². The highest BCUT2D eigenvalue weighted by atomic mass is 32.2. The third kappa shape index (κ3) is 3.45. The van der Waals surface area contributed by atoms with Gasteiger partial charge in [-0.3, -0.25) is 0 Å². The predicted molar refractivity (Wildman–Crippen MR) is 84.3 cm³/mol. The molecule has 0 radical (unpaired) electrons. The molecule has 2 aromatic carbocycles. The van der Waals surface area contributed by atoms with Gasteiger partial charge in [0.15, 0.2) is 0 Å². The summed E-state index contributed by atoms with van der Waals surface area (Å²) in [5, 5.41) is 10.7. The van der Waals surface area contributed by atoms with Gasteiger partial charge in [-0.1, -0.05) is 24.3 Å². The second-order valence-corrected chi connectivity index (χ2v) is 7.56. The number of hydrogen-bond acceptors (Lipinski definition) is 3. The number of carboxylic acids is 1. The van der Waals surface area contributed by atoms with E-state index in [1.54, 1.807) is 18.2 Å². The number of carbonyl (C=O) groups is 1. The van der Waals surface area contributed by atoms with Gasteiger partial charge in [-0.25, -0.2) is 17.9 Å². The van der Waals surface area contributed by atoms with Crippen LogP contribution in [0.2, 0.25) is 0 Å². The lowest BCUT2D eigenvalue weighted by atomic mass is 10.0. The zero-order valence-corrected chi connectivity index (χ0v) is 12.8. The largest absolute Gasteiger partial charge is 0.478 e. The normalized spacial score (nSPS) is 15.1. The van der Waals surface area contributed by atoms with Crippen LogP contribution >= 0.6 is 0 Å². The molecule has 2 N–H and O–H groups in total. The Hall–Kier alpha value is -1.92. The van der Waals surface area contributed by atoms with Gasteiger partial charge >= 0.3 is 5.97 Å². The van der Waals surface area contributed by atoms with Gasteiger partial charge in [0, 0.05) is 6.54 Å². The zero-order chi connectivity index (χ0) is 15.7. The van der Waals surface area contributed by atoms with Gasteiger partial charge in [0.05, 0.1) is 11.3 Å². The third-order valence-corrected chi connectivity index (χ3v) is 5.35. The number of nitrogens with one attached hydrogen (secondary N) is 1. The molecular weight excluding hydrogens is 302 g/mol. The van der Waals surface area contributed by atoms with E-state index in [9.17, 15) is 13.2 Å². The average molecular weight is 319 g/mol. The third-order valence-electron chi connectivity index (χ3n) is 3.85.